The first kappa shape index (κ1) is 14.4. The maximum atomic E-state index is 11.7. The summed E-state index contributed by atoms with van der Waals surface area (Å²) in [5.41, 5.74) is 3.60. The zero-order chi connectivity index (χ0) is 15.7. The van der Waals surface area contributed by atoms with Crippen LogP contribution in [0.2, 0.25) is 0 Å². The Bertz CT molecular complexity index is 813. The van der Waals surface area contributed by atoms with E-state index in [1.807, 2.05) is 36.4 Å². The second-order valence-corrected chi connectivity index (χ2v) is 5.62. The second-order valence-electron chi connectivity index (χ2n) is 5.62. The van der Waals surface area contributed by atoms with Crippen LogP contribution in [0.3, 0.4) is 0 Å². The third-order valence-electron chi connectivity index (χ3n) is 3.82. The van der Waals surface area contributed by atoms with Gasteiger partial charge in [-0.25, -0.2) is 4.79 Å². The van der Waals surface area contributed by atoms with Crippen LogP contribution in [0.5, 0.6) is 5.75 Å². The molecule has 0 radical (unpaired) electrons. The van der Waals surface area contributed by atoms with Crippen molar-refractivity contribution in [2.45, 2.75) is 19.8 Å². The lowest BCUT2D eigenvalue weighted by Crippen LogP contribution is -1.86. The van der Waals surface area contributed by atoms with Crippen molar-refractivity contribution in [3.8, 4) is 28.2 Å². The summed E-state index contributed by atoms with van der Waals surface area (Å²) < 4.78 is 10.6. The van der Waals surface area contributed by atoms with Crippen LogP contribution in [0, 0.1) is 0 Å². The zero-order valence-corrected chi connectivity index (χ0v) is 12.9. The molecular formula is C19H18O3. The van der Waals surface area contributed by atoms with Crippen LogP contribution >= 0.6 is 0 Å². The third kappa shape index (κ3) is 2.62. The Labute approximate surface area is 129 Å². The standard InChI is InChI=1S/C19H18O3/c1-12(2)14-6-9-17(13-4-7-16(21-3)8-5-13)19-15(10-14)11-18(20)22-19/h4-12H,1-3H3. The van der Waals surface area contributed by atoms with Crippen molar-refractivity contribution in [3.05, 3.63) is 64.5 Å². The molecule has 0 spiro atoms. The molecule has 1 aromatic rings. The Morgan fingerprint density at radius 1 is 0.955 bits per heavy atom. The Morgan fingerprint density at radius 3 is 2.32 bits per heavy atom. The van der Waals surface area contributed by atoms with E-state index in [-0.39, 0.29) is 5.63 Å². The van der Waals surface area contributed by atoms with Crippen molar-refractivity contribution in [1.29, 1.82) is 0 Å². The number of fused-ring (bicyclic) bond motifs is 1. The maximum Gasteiger partial charge on any atom is 0.336 e. The van der Waals surface area contributed by atoms with Crippen LogP contribution in [0.1, 0.15) is 25.3 Å². The molecule has 1 aromatic carbocycles. The lowest BCUT2D eigenvalue weighted by atomic mass is 10.0. The van der Waals surface area contributed by atoms with Gasteiger partial charge in [-0.3, -0.25) is 0 Å². The first-order valence-corrected chi connectivity index (χ1v) is 7.30. The van der Waals surface area contributed by atoms with Gasteiger partial charge in [0.05, 0.1) is 7.11 Å². The fourth-order valence-corrected chi connectivity index (χ4v) is 2.54. The minimum Gasteiger partial charge on any atom is -0.497 e. The lowest BCUT2D eigenvalue weighted by Gasteiger charge is -2.04. The number of hydrogen-bond donors (Lipinski definition) is 0. The van der Waals surface area contributed by atoms with E-state index in [0.29, 0.717) is 11.7 Å². The van der Waals surface area contributed by atoms with Crippen LogP contribution in [-0.4, -0.2) is 7.11 Å². The number of rotatable bonds is 3. The first-order chi connectivity index (χ1) is 10.6. The summed E-state index contributed by atoms with van der Waals surface area (Å²) in [6.07, 6.45) is 0. The van der Waals surface area contributed by atoms with E-state index in [0.717, 1.165) is 22.4 Å². The van der Waals surface area contributed by atoms with E-state index in [4.69, 9.17) is 9.15 Å². The van der Waals surface area contributed by atoms with E-state index in [9.17, 15) is 4.79 Å². The Balaban J connectivity index is 2.22. The number of ether oxygens (including phenoxy) is 1. The van der Waals surface area contributed by atoms with E-state index in [1.165, 1.54) is 5.56 Å². The molecule has 0 saturated carbocycles. The van der Waals surface area contributed by atoms with E-state index in [2.05, 4.69) is 19.9 Å². The van der Waals surface area contributed by atoms with Gasteiger partial charge < -0.3 is 9.15 Å². The second kappa shape index (κ2) is 5.68. The molecule has 22 heavy (non-hydrogen) atoms. The molecule has 3 rings (SSSR count). The van der Waals surface area contributed by atoms with Crippen molar-refractivity contribution >= 4 is 0 Å². The predicted molar refractivity (Wildman–Crippen MR) is 87.7 cm³/mol. The largest absolute Gasteiger partial charge is 0.497 e. The molecular weight excluding hydrogens is 276 g/mol. The maximum absolute atomic E-state index is 11.7. The normalized spacial score (nSPS) is 11.1. The minimum atomic E-state index is -0.314. The summed E-state index contributed by atoms with van der Waals surface area (Å²) in [5.74, 6) is 1.80. The van der Waals surface area contributed by atoms with Crippen molar-refractivity contribution in [2.24, 2.45) is 0 Å². The highest BCUT2D eigenvalue weighted by Gasteiger charge is 2.15. The lowest BCUT2D eigenvalue weighted by molar-refractivity contribution is 0.415. The summed E-state index contributed by atoms with van der Waals surface area (Å²) in [7, 11) is 1.64. The molecule has 1 heterocycles. The quantitative estimate of drug-likeness (QED) is 0.711. The summed E-state index contributed by atoms with van der Waals surface area (Å²) in [4.78, 5) is 11.7. The van der Waals surface area contributed by atoms with Crippen molar-refractivity contribution < 1.29 is 9.15 Å². The van der Waals surface area contributed by atoms with Crippen molar-refractivity contribution in [3.63, 3.8) is 0 Å². The fraction of sp³-hybridized carbons (Fsp3) is 0.211. The van der Waals surface area contributed by atoms with Gasteiger partial charge in [0.25, 0.3) is 0 Å². The molecule has 0 N–H and O–H groups in total. The van der Waals surface area contributed by atoms with Gasteiger partial charge in [-0.05, 0) is 35.2 Å². The van der Waals surface area contributed by atoms with Crippen LogP contribution in [0.15, 0.2) is 57.7 Å². The van der Waals surface area contributed by atoms with Crippen LogP contribution < -0.4 is 10.4 Å². The summed E-state index contributed by atoms with van der Waals surface area (Å²) in [6.45, 7) is 4.26. The summed E-state index contributed by atoms with van der Waals surface area (Å²) in [5, 5.41) is 0. The molecule has 112 valence electrons. The number of hydrogen-bond acceptors (Lipinski definition) is 3. The van der Waals surface area contributed by atoms with Gasteiger partial charge in [0.2, 0.25) is 0 Å². The Kier molecular flexibility index (Phi) is 3.72. The Hall–Kier alpha value is -2.55. The minimum absolute atomic E-state index is 0.314. The fourth-order valence-electron chi connectivity index (χ4n) is 2.54. The van der Waals surface area contributed by atoms with Gasteiger partial charge in [-0.2, -0.15) is 0 Å². The average molecular weight is 294 g/mol. The molecule has 0 bridgehead atoms. The van der Waals surface area contributed by atoms with Gasteiger partial charge in [0, 0.05) is 17.2 Å². The Morgan fingerprint density at radius 2 is 1.68 bits per heavy atom. The molecule has 1 aliphatic carbocycles. The van der Waals surface area contributed by atoms with Gasteiger partial charge in [-0.15, -0.1) is 0 Å². The molecule has 1 aliphatic heterocycles. The number of methoxy groups -OCH3 is 1. The van der Waals surface area contributed by atoms with Crippen molar-refractivity contribution in [1.82, 2.24) is 0 Å². The highest BCUT2D eigenvalue weighted by atomic mass is 16.5. The summed E-state index contributed by atoms with van der Waals surface area (Å²) >= 11 is 0. The molecule has 0 amide bonds. The summed E-state index contributed by atoms with van der Waals surface area (Å²) in [6, 6.07) is 15.4. The van der Waals surface area contributed by atoms with Crippen LogP contribution in [-0.2, 0) is 0 Å². The number of benzene rings is 1. The molecule has 0 atom stereocenters. The molecule has 2 aliphatic rings. The van der Waals surface area contributed by atoms with Gasteiger partial charge in [-0.1, -0.05) is 38.1 Å². The molecule has 0 unspecified atom stereocenters. The third-order valence-corrected chi connectivity index (χ3v) is 3.82. The number of furan rings is 1. The average Bonchev–Trinajstić information content (AvgIpc) is 2.77. The molecule has 0 saturated heterocycles. The van der Waals surface area contributed by atoms with Gasteiger partial charge >= 0.3 is 5.63 Å². The topological polar surface area (TPSA) is 39.4 Å². The van der Waals surface area contributed by atoms with Crippen molar-refractivity contribution in [2.75, 3.05) is 7.11 Å². The van der Waals surface area contributed by atoms with Gasteiger partial charge in [0.15, 0.2) is 0 Å². The molecule has 3 nitrogen and oxygen atoms in total. The monoisotopic (exact) mass is 294 g/mol. The molecule has 0 fully saturated rings. The SMILES string of the molecule is COc1ccc(-c2ccc(C(C)C)cc3cc(=O)oc2-3)cc1. The van der Waals surface area contributed by atoms with E-state index in [1.54, 1.807) is 13.2 Å². The highest BCUT2D eigenvalue weighted by Crippen LogP contribution is 2.34. The zero-order valence-electron chi connectivity index (χ0n) is 12.9. The molecule has 0 aromatic heterocycles. The highest BCUT2D eigenvalue weighted by molar-refractivity contribution is 5.80. The smallest absolute Gasteiger partial charge is 0.336 e. The van der Waals surface area contributed by atoms with Crippen LogP contribution in [0.25, 0.3) is 22.5 Å². The first-order valence-electron chi connectivity index (χ1n) is 7.30. The predicted octanol–water partition coefficient (Wildman–Crippen LogP) is 4.54. The molecule has 3 heteroatoms. The van der Waals surface area contributed by atoms with E-state index >= 15 is 0 Å². The van der Waals surface area contributed by atoms with Gasteiger partial charge in [0.1, 0.15) is 11.5 Å². The van der Waals surface area contributed by atoms with E-state index < -0.39 is 0 Å². The van der Waals surface area contributed by atoms with Crippen LogP contribution in [0.4, 0.5) is 0 Å².